The van der Waals surface area contributed by atoms with Gasteiger partial charge in [0.15, 0.2) is 0 Å². The molecule has 0 heteroatoms. The van der Waals surface area contributed by atoms with Crippen molar-refractivity contribution in [1.82, 2.24) is 0 Å². The first-order valence-corrected chi connectivity index (χ1v) is 10.6. The Balaban J connectivity index is 1.68. The van der Waals surface area contributed by atoms with Gasteiger partial charge in [-0.2, -0.15) is 0 Å². The van der Waals surface area contributed by atoms with E-state index in [1.54, 1.807) is 0 Å². The predicted molar refractivity (Wildman–Crippen MR) is 140 cm³/mol. The first-order valence-electron chi connectivity index (χ1n) is 10.6. The van der Waals surface area contributed by atoms with Crippen molar-refractivity contribution in [3.8, 4) is 60.2 Å². The third-order valence-electron chi connectivity index (χ3n) is 5.01. The predicted octanol–water partition coefficient (Wildman–Crippen LogP) is 5.85. The van der Waals surface area contributed by atoms with Crippen molar-refractivity contribution in [3.05, 3.63) is 142 Å². The first-order chi connectivity index (χ1) is 16.8. The summed E-state index contributed by atoms with van der Waals surface area (Å²) in [6.45, 7) is 0. The van der Waals surface area contributed by atoms with Crippen LogP contribution in [-0.4, -0.2) is 0 Å². The average molecular weight is 427 g/mol. The van der Waals surface area contributed by atoms with E-state index in [1.807, 2.05) is 97.1 Å². The summed E-state index contributed by atoms with van der Waals surface area (Å²) in [6.07, 6.45) is 11.2. The molecule has 0 atom stereocenters. The lowest BCUT2D eigenvalue weighted by molar-refractivity contribution is 1.55. The number of benzene rings is 4. The molecule has 0 radical (unpaired) electrons. The molecule has 4 aromatic carbocycles. The van der Waals surface area contributed by atoms with Gasteiger partial charge in [0.05, 0.1) is 0 Å². The van der Waals surface area contributed by atoms with E-state index in [4.69, 9.17) is 12.8 Å². The van der Waals surface area contributed by atoms with E-state index in [9.17, 15) is 0 Å². The highest BCUT2D eigenvalue weighted by atomic mass is 14.0. The van der Waals surface area contributed by atoms with Crippen LogP contribution in [0.1, 0.15) is 44.5 Å². The summed E-state index contributed by atoms with van der Waals surface area (Å²) in [6, 6.07) is 30.9. The minimum Gasteiger partial charge on any atom is -0.115 e. The molecule has 0 heterocycles. The fourth-order valence-electron chi connectivity index (χ4n) is 3.24. The standard InChI is InChI=1S/C34H18/c1-3-27-13-5-7-15-29(27)21-23-31-17-9-11-19-33(31)25-26-34-20-12-10-18-32(34)24-22-30-16-8-6-14-28(30)4-2/h1-2,5-20H. The number of rotatable bonds is 0. The fourth-order valence-corrected chi connectivity index (χ4v) is 3.24. The van der Waals surface area contributed by atoms with Crippen molar-refractivity contribution in [2.24, 2.45) is 0 Å². The lowest BCUT2D eigenvalue weighted by atomic mass is 10.0. The number of hydrogen-bond acceptors (Lipinski definition) is 0. The normalized spacial score (nSPS) is 9.00. The smallest absolute Gasteiger partial charge is 0.0405 e. The van der Waals surface area contributed by atoms with Crippen molar-refractivity contribution in [3.63, 3.8) is 0 Å². The van der Waals surface area contributed by atoms with Crippen LogP contribution in [0.5, 0.6) is 0 Å². The Hall–Kier alpha value is -5.32. The lowest BCUT2D eigenvalue weighted by Crippen LogP contribution is -1.87. The van der Waals surface area contributed by atoms with E-state index in [0.717, 1.165) is 44.5 Å². The molecule has 0 nitrogen and oxygen atoms in total. The monoisotopic (exact) mass is 426 g/mol. The van der Waals surface area contributed by atoms with Crippen LogP contribution in [0.15, 0.2) is 97.1 Å². The molecule has 0 aliphatic carbocycles. The quantitative estimate of drug-likeness (QED) is 0.310. The van der Waals surface area contributed by atoms with Gasteiger partial charge in [-0.25, -0.2) is 0 Å². The molecule has 0 aromatic heterocycles. The first kappa shape index (κ1) is 21.9. The number of terminal acetylenes is 2. The molecule has 0 N–H and O–H groups in total. The maximum Gasteiger partial charge on any atom is 0.0405 e. The molecule has 4 rings (SSSR count). The molecular formula is C34H18. The van der Waals surface area contributed by atoms with Crippen molar-refractivity contribution in [2.45, 2.75) is 0 Å². The summed E-state index contributed by atoms with van der Waals surface area (Å²) >= 11 is 0. The Morgan fingerprint density at radius 3 is 0.676 bits per heavy atom. The molecule has 0 saturated heterocycles. The van der Waals surface area contributed by atoms with Gasteiger partial charge >= 0.3 is 0 Å². The largest absolute Gasteiger partial charge is 0.115 e. The average Bonchev–Trinajstić information content (AvgIpc) is 2.90. The van der Waals surface area contributed by atoms with Crippen LogP contribution in [0.25, 0.3) is 0 Å². The van der Waals surface area contributed by atoms with Gasteiger partial charge in [-0.3, -0.25) is 0 Å². The van der Waals surface area contributed by atoms with E-state index in [2.05, 4.69) is 47.4 Å². The van der Waals surface area contributed by atoms with Crippen molar-refractivity contribution in [2.75, 3.05) is 0 Å². The minimum absolute atomic E-state index is 0.775. The van der Waals surface area contributed by atoms with Gasteiger partial charge in [0.25, 0.3) is 0 Å². The highest BCUT2D eigenvalue weighted by Gasteiger charge is 2.00. The highest BCUT2D eigenvalue weighted by Crippen LogP contribution is 2.11. The maximum absolute atomic E-state index is 5.59. The zero-order chi connectivity index (χ0) is 23.6. The van der Waals surface area contributed by atoms with Gasteiger partial charge in [-0.1, -0.05) is 95.9 Å². The summed E-state index contributed by atoms with van der Waals surface area (Å²) in [4.78, 5) is 0. The van der Waals surface area contributed by atoms with Crippen LogP contribution in [0.3, 0.4) is 0 Å². The summed E-state index contributed by atoms with van der Waals surface area (Å²) in [5.74, 6) is 24.7. The van der Waals surface area contributed by atoms with Gasteiger partial charge in [-0.15, -0.1) is 12.8 Å². The Bertz CT molecular complexity index is 1510. The second kappa shape index (κ2) is 10.8. The lowest BCUT2D eigenvalue weighted by Gasteiger charge is -1.98. The third kappa shape index (κ3) is 5.29. The van der Waals surface area contributed by atoms with Crippen LogP contribution in [0.2, 0.25) is 0 Å². The van der Waals surface area contributed by atoms with Gasteiger partial charge in [0.2, 0.25) is 0 Å². The zero-order valence-electron chi connectivity index (χ0n) is 18.4. The summed E-state index contributed by atoms with van der Waals surface area (Å²) in [5, 5.41) is 0. The van der Waals surface area contributed by atoms with Gasteiger partial charge in [0.1, 0.15) is 0 Å². The maximum atomic E-state index is 5.59. The van der Waals surface area contributed by atoms with Crippen molar-refractivity contribution >= 4 is 0 Å². The molecule has 4 aromatic rings. The van der Waals surface area contributed by atoms with Gasteiger partial charge in [-0.05, 0) is 48.5 Å². The molecule has 0 spiro atoms. The second-order valence-corrected chi connectivity index (χ2v) is 7.22. The van der Waals surface area contributed by atoms with Crippen LogP contribution >= 0.6 is 0 Å². The Labute approximate surface area is 201 Å². The second-order valence-electron chi connectivity index (χ2n) is 7.22. The molecule has 0 fully saturated rings. The SMILES string of the molecule is C#Cc1ccccc1C#Cc1ccccc1C#Cc1ccccc1C#Cc1ccccc1C#C. The van der Waals surface area contributed by atoms with Crippen LogP contribution in [0.4, 0.5) is 0 Å². The Kier molecular flexibility index (Phi) is 6.97. The van der Waals surface area contributed by atoms with E-state index >= 15 is 0 Å². The van der Waals surface area contributed by atoms with Gasteiger partial charge in [0, 0.05) is 44.5 Å². The molecular weight excluding hydrogens is 408 g/mol. The summed E-state index contributed by atoms with van der Waals surface area (Å²) < 4.78 is 0. The summed E-state index contributed by atoms with van der Waals surface area (Å²) in [7, 11) is 0. The summed E-state index contributed by atoms with van der Waals surface area (Å²) in [5.41, 5.74) is 6.56. The van der Waals surface area contributed by atoms with E-state index in [1.165, 1.54) is 0 Å². The molecule has 0 bridgehead atoms. The van der Waals surface area contributed by atoms with E-state index in [0.29, 0.717) is 0 Å². The van der Waals surface area contributed by atoms with Crippen LogP contribution in [0, 0.1) is 60.2 Å². The Morgan fingerprint density at radius 2 is 0.471 bits per heavy atom. The number of hydrogen-bond donors (Lipinski definition) is 0. The van der Waals surface area contributed by atoms with Crippen LogP contribution in [-0.2, 0) is 0 Å². The molecule has 34 heavy (non-hydrogen) atoms. The molecule has 0 amide bonds. The molecule has 0 saturated carbocycles. The molecule has 0 aliphatic rings. The van der Waals surface area contributed by atoms with E-state index < -0.39 is 0 Å². The third-order valence-corrected chi connectivity index (χ3v) is 5.01. The van der Waals surface area contributed by atoms with Crippen molar-refractivity contribution in [1.29, 1.82) is 0 Å². The highest BCUT2D eigenvalue weighted by molar-refractivity contribution is 5.59. The minimum atomic E-state index is 0.775. The molecule has 154 valence electrons. The molecule has 0 aliphatic heterocycles. The fraction of sp³-hybridized carbons (Fsp3) is 0. The van der Waals surface area contributed by atoms with Crippen LogP contribution < -0.4 is 0 Å². The topological polar surface area (TPSA) is 0 Å². The molecule has 0 unspecified atom stereocenters. The Morgan fingerprint density at radius 1 is 0.294 bits per heavy atom. The van der Waals surface area contributed by atoms with E-state index in [-0.39, 0.29) is 0 Å². The zero-order valence-corrected chi connectivity index (χ0v) is 18.4. The van der Waals surface area contributed by atoms with Gasteiger partial charge < -0.3 is 0 Å². The van der Waals surface area contributed by atoms with Crippen molar-refractivity contribution < 1.29 is 0 Å².